The molecule has 0 saturated carbocycles. The molecule has 1 heterocycles. The monoisotopic (exact) mass is 266 g/mol. The normalized spacial score (nSPS) is 16.1. The number of benzene rings is 2. The molecule has 0 amide bonds. The van der Waals surface area contributed by atoms with E-state index in [9.17, 15) is 5.11 Å². The third-order valence-corrected chi connectivity index (χ3v) is 3.19. The van der Waals surface area contributed by atoms with Crippen LogP contribution < -0.4 is 9.84 Å². The Balaban J connectivity index is 2.09. The van der Waals surface area contributed by atoms with Crippen LogP contribution in [0.4, 0.5) is 0 Å². The van der Waals surface area contributed by atoms with E-state index < -0.39 is 0 Å². The smallest absolute Gasteiger partial charge is 0.246 e. The number of hydrazone groups is 1. The molecule has 0 unspecified atom stereocenters. The van der Waals surface area contributed by atoms with Gasteiger partial charge in [0.1, 0.15) is 11.6 Å². The maximum absolute atomic E-state index is 11.1. The first-order valence-electron chi connectivity index (χ1n) is 6.37. The van der Waals surface area contributed by atoms with Crippen LogP contribution in [0.15, 0.2) is 59.7 Å². The molecule has 1 aliphatic heterocycles. The Morgan fingerprint density at radius 3 is 2.20 bits per heavy atom. The van der Waals surface area contributed by atoms with Crippen LogP contribution in [0.1, 0.15) is 11.1 Å². The summed E-state index contributed by atoms with van der Waals surface area (Å²) in [5.74, 6) is 0.713. The minimum Gasteiger partial charge on any atom is -0.853 e. The molecule has 3 rings (SSSR count). The molecule has 1 aliphatic rings. The van der Waals surface area contributed by atoms with Gasteiger partial charge in [0.2, 0.25) is 12.3 Å². The van der Waals surface area contributed by atoms with Crippen molar-refractivity contribution in [2.75, 3.05) is 13.7 Å². The van der Waals surface area contributed by atoms with Crippen LogP contribution in [0.2, 0.25) is 0 Å². The van der Waals surface area contributed by atoms with Gasteiger partial charge in [-0.05, 0) is 41.5 Å². The van der Waals surface area contributed by atoms with Gasteiger partial charge in [-0.15, -0.1) is 0 Å². The standard InChI is InChI=1S/C16H14N2O2/c1-20-14-9-7-13(8-10-14)16(18-11-15(19)17-18)12-5-3-2-4-6-12/h2-10H,11H2,1H3/b18-16-. The molecule has 4 heteroatoms. The predicted molar refractivity (Wildman–Crippen MR) is 75.2 cm³/mol. The Morgan fingerprint density at radius 1 is 1.05 bits per heavy atom. The van der Waals surface area contributed by atoms with E-state index in [2.05, 4.69) is 5.10 Å². The van der Waals surface area contributed by atoms with Gasteiger partial charge in [-0.1, -0.05) is 22.9 Å². The van der Waals surface area contributed by atoms with Crippen molar-refractivity contribution >= 4 is 11.6 Å². The van der Waals surface area contributed by atoms with Crippen molar-refractivity contribution in [1.29, 1.82) is 0 Å². The third-order valence-electron chi connectivity index (χ3n) is 3.19. The summed E-state index contributed by atoms with van der Waals surface area (Å²) in [6.07, 6.45) is 0. The molecule has 0 saturated heterocycles. The number of nitrogens with zero attached hydrogens (tertiary/aromatic N) is 2. The first-order valence-corrected chi connectivity index (χ1v) is 6.37. The summed E-state index contributed by atoms with van der Waals surface area (Å²) in [5, 5.41) is 15.1. The second kappa shape index (κ2) is 5.17. The lowest BCUT2D eigenvalue weighted by molar-refractivity contribution is -0.562. The molecule has 0 fully saturated rings. The van der Waals surface area contributed by atoms with Gasteiger partial charge in [0, 0.05) is 11.1 Å². The van der Waals surface area contributed by atoms with E-state index in [1.165, 1.54) is 0 Å². The van der Waals surface area contributed by atoms with Crippen molar-refractivity contribution in [3.63, 3.8) is 0 Å². The number of hydrogen-bond acceptors (Lipinski definition) is 3. The van der Waals surface area contributed by atoms with E-state index in [-0.39, 0.29) is 5.90 Å². The Labute approximate surface area is 117 Å². The molecule has 0 atom stereocenters. The molecule has 0 spiro atoms. The highest BCUT2D eigenvalue weighted by Gasteiger charge is 2.25. The molecule has 2 aromatic carbocycles. The number of methoxy groups -OCH3 is 1. The minimum atomic E-state index is -0.0908. The lowest BCUT2D eigenvalue weighted by atomic mass is 10.0. The maximum Gasteiger partial charge on any atom is 0.246 e. The van der Waals surface area contributed by atoms with Crippen LogP contribution in [0.3, 0.4) is 0 Å². The van der Waals surface area contributed by atoms with Gasteiger partial charge in [-0.3, -0.25) is 0 Å². The van der Waals surface area contributed by atoms with Crippen LogP contribution in [-0.4, -0.2) is 29.9 Å². The average Bonchev–Trinajstić information content (AvgIpc) is 2.47. The summed E-state index contributed by atoms with van der Waals surface area (Å²) >= 11 is 0. The van der Waals surface area contributed by atoms with Crippen molar-refractivity contribution in [3.8, 4) is 5.75 Å². The van der Waals surface area contributed by atoms with Crippen molar-refractivity contribution in [1.82, 2.24) is 0 Å². The zero-order valence-corrected chi connectivity index (χ0v) is 11.1. The Bertz CT molecular complexity index is 673. The maximum atomic E-state index is 11.1. The Hall–Kier alpha value is -2.62. The van der Waals surface area contributed by atoms with Crippen LogP contribution in [0, 0.1) is 0 Å². The second-order valence-electron chi connectivity index (χ2n) is 4.49. The third kappa shape index (κ3) is 2.28. The van der Waals surface area contributed by atoms with Gasteiger partial charge < -0.3 is 9.84 Å². The molecule has 4 nitrogen and oxygen atoms in total. The van der Waals surface area contributed by atoms with E-state index in [1.54, 1.807) is 11.8 Å². The SMILES string of the molecule is COc1ccc(/C(c2ccccc2)=[N+]2/CC([O-])=N2)cc1. The fraction of sp³-hybridized carbons (Fsp3) is 0.125. The highest BCUT2D eigenvalue weighted by molar-refractivity contribution is 6.10. The Morgan fingerprint density at radius 2 is 1.65 bits per heavy atom. The fourth-order valence-corrected chi connectivity index (χ4v) is 2.19. The first-order chi connectivity index (χ1) is 9.78. The lowest BCUT2D eigenvalue weighted by Crippen LogP contribution is -2.41. The quantitative estimate of drug-likeness (QED) is 0.785. The largest absolute Gasteiger partial charge is 0.853 e. The van der Waals surface area contributed by atoms with Gasteiger partial charge >= 0.3 is 0 Å². The van der Waals surface area contributed by atoms with Gasteiger partial charge in [0.15, 0.2) is 0 Å². The molecule has 20 heavy (non-hydrogen) atoms. The summed E-state index contributed by atoms with van der Waals surface area (Å²) in [6.45, 7) is 0.330. The van der Waals surface area contributed by atoms with Gasteiger partial charge in [0.25, 0.3) is 0 Å². The van der Waals surface area contributed by atoms with E-state index in [4.69, 9.17) is 4.74 Å². The van der Waals surface area contributed by atoms with Gasteiger partial charge in [0.05, 0.1) is 7.11 Å². The molecule has 0 bridgehead atoms. The van der Waals surface area contributed by atoms with Gasteiger partial charge in [-0.2, -0.15) is 0 Å². The minimum absolute atomic E-state index is 0.0908. The summed E-state index contributed by atoms with van der Waals surface area (Å²) in [5.41, 5.74) is 2.98. The fourth-order valence-electron chi connectivity index (χ4n) is 2.19. The van der Waals surface area contributed by atoms with E-state index >= 15 is 0 Å². The zero-order valence-electron chi connectivity index (χ0n) is 11.1. The number of rotatable bonds is 3. The Kier molecular flexibility index (Phi) is 3.21. The molecule has 0 aromatic heterocycles. The molecule has 0 aliphatic carbocycles. The van der Waals surface area contributed by atoms with E-state index in [0.29, 0.717) is 6.54 Å². The zero-order chi connectivity index (χ0) is 13.9. The van der Waals surface area contributed by atoms with Crippen LogP contribution in [0.25, 0.3) is 0 Å². The van der Waals surface area contributed by atoms with Crippen molar-refractivity contribution in [3.05, 3.63) is 65.7 Å². The molecular formula is C16H14N2O2. The average molecular weight is 266 g/mol. The summed E-state index contributed by atoms with van der Waals surface area (Å²) in [7, 11) is 1.64. The highest BCUT2D eigenvalue weighted by Crippen LogP contribution is 2.17. The molecule has 100 valence electrons. The van der Waals surface area contributed by atoms with Crippen LogP contribution in [0.5, 0.6) is 5.75 Å². The predicted octanol–water partition coefficient (Wildman–Crippen LogP) is 1.23. The van der Waals surface area contributed by atoms with Gasteiger partial charge in [-0.25, -0.2) is 0 Å². The second-order valence-corrected chi connectivity index (χ2v) is 4.49. The van der Waals surface area contributed by atoms with Crippen molar-refractivity contribution in [2.45, 2.75) is 0 Å². The highest BCUT2D eigenvalue weighted by atomic mass is 16.5. The topological polar surface area (TPSA) is 47.7 Å². The molecular weight excluding hydrogens is 252 g/mol. The molecule has 2 aromatic rings. The number of ether oxygens (including phenoxy) is 1. The lowest BCUT2D eigenvalue weighted by Gasteiger charge is -2.16. The summed E-state index contributed by atoms with van der Waals surface area (Å²) < 4.78 is 6.91. The summed E-state index contributed by atoms with van der Waals surface area (Å²) in [6, 6.07) is 17.7. The van der Waals surface area contributed by atoms with E-state index in [1.807, 2.05) is 54.6 Å². The van der Waals surface area contributed by atoms with E-state index in [0.717, 1.165) is 22.6 Å². The summed E-state index contributed by atoms with van der Waals surface area (Å²) in [4.78, 5) is 0. The van der Waals surface area contributed by atoms with Crippen molar-refractivity contribution < 1.29 is 14.5 Å². The number of hydrogen-bond donors (Lipinski definition) is 0. The van der Waals surface area contributed by atoms with Crippen LogP contribution >= 0.6 is 0 Å². The first kappa shape index (κ1) is 12.4. The molecule has 0 N–H and O–H groups in total. The molecule has 0 radical (unpaired) electrons. The van der Waals surface area contributed by atoms with Crippen LogP contribution in [-0.2, 0) is 0 Å². The van der Waals surface area contributed by atoms with Crippen molar-refractivity contribution in [2.24, 2.45) is 5.10 Å².